The number of hydrogen-bond acceptors (Lipinski definition) is 5. The second kappa shape index (κ2) is 10.9. The van der Waals surface area contributed by atoms with E-state index in [4.69, 9.17) is 4.74 Å². The first-order valence-electron chi connectivity index (χ1n) is 13.6. The molecule has 7 nitrogen and oxygen atoms in total. The molecule has 1 atom stereocenters. The van der Waals surface area contributed by atoms with Gasteiger partial charge in [0.15, 0.2) is 5.69 Å². The quantitative estimate of drug-likeness (QED) is 0.306. The van der Waals surface area contributed by atoms with Gasteiger partial charge in [-0.15, -0.1) is 0 Å². The monoisotopic (exact) mass is 580 g/mol. The van der Waals surface area contributed by atoms with Gasteiger partial charge in [0.25, 0.3) is 5.91 Å². The number of rotatable bonds is 6. The Morgan fingerprint density at radius 1 is 1.05 bits per heavy atom. The molecule has 1 N–H and O–H groups in total. The number of ether oxygens (including phenoxy) is 1. The Morgan fingerprint density at radius 3 is 2.48 bits per heavy atom. The molecule has 0 spiro atoms. The van der Waals surface area contributed by atoms with Crippen LogP contribution in [0.15, 0.2) is 66.7 Å². The third-order valence-electron chi connectivity index (χ3n) is 7.81. The molecule has 218 valence electrons. The number of anilines is 1. The summed E-state index contributed by atoms with van der Waals surface area (Å²) in [6.07, 6.45) is -4.56. The van der Waals surface area contributed by atoms with Crippen molar-refractivity contribution >= 4 is 11.6 Å². The summed E-state index contributed by atoms with van der Waals surface area (Å²) in [4.78, 5) is 17.0. The largest absolute Gasteiger partial charge is 0.497 e. The van der Waals surface area contributed by atoms with Crippen molar-refractivity contribution in [1.82, 2.24) is 14.7 Å². The highest BCUT2D eigenvalue weighted by Gasteiger charge is 2.43. The Bertz CT molecular complexity index is 1630. The molecule has 0 bridgehead atoms. The number of alkyl halides is 3. The van der Waals surface area contributed by atoms with Crippen LogP contribution in [-0.4, -0.2) is 58.5 Å². The summed E-state index contributed by atoms with van der Waals surface area (Å²) >= 11 is 0. The number of fused-ring (bicyclic) bond motifs is 1. The minimum absolute atomic E-state index is 0.0226. The minimum Gasteiger partial charge on any atom is -0.497 e. The van der Waals surface area contributed by atoms with Gasteiger partial charge in [-0.3, -0.25) is 9.69 Å². The van der Waals surface area contributed by atoms with Crippen LogP contribution in [-0.2, 0) is 19.1 Å². The molecule has 2 aliphatic heterocycles. The lowest BCUT2D eigenvalue weighted by atomic mass is 9.98. The number of likely N-dealkylation sites (tertiary alicyclic amines) is 1. The third-order valence-corrected chi connectivity index (χ3v) is 7.81. The van der Waals surface area contributed by atoms with Gasteiger partial charge in [-0.05, 0) is 65.9 Å². The smallest absolute Gasteiger partial charge is 0.435 e. The van der Waals surface area contributed by atoms with E-state index < -0.39 is 23.6 Å². The molecule has 42 heavy (non-hydrogen) atoms. The summed E-state index contributed by atoms with van der Waals surface area (Å²) in [5, 5.41) is 13.7. The standard InChI is InChI=1S/C31H28F4N4O3/c1-42-23-9-7-21(8-10-23)39-28-25(29(36-39)31(33,34)35)13-15-38(30(28)41)27-11-6-19(16-26(27)32)24-5-3-2-4-20(24)17-37-14-12-22(40)18-37/h2-11,16,22,40H,12-15,17-18H2,1H3/t22-/m1/s1. The van der Waals surface area contributed by atoms with Crippen molar-refractivity contribution in [3.8, 4) is 22.6 Å². The Kier molecular flexibility index (Phi) is 7.24. The van der Waals surface area contributed by atoms with Crippen LogP contribution in [0.1, 0.15) is 33.7 Å². The average molecular weight is 581 g/mol. The Balaban J connectivity index is 1.34. The highest BCUT2D eigenvalue weighted by molar-refractivity contribution is 6.07. The molecule has 3 heterocycles. The molecule has 0 aliphatic carbocycles. The molecule has 4 aromatic rings. The van der Waals surface area contributed by atoms with Crippen molar-refractivity contribution in [2.75, 3.05) is 31.6 Å². The van der Waals surface area contributed by atoms with Crippen LogP contribution in [0.3, 0.4) is 0 Å². The molecule has 1 fully saturated rings. The van der Waals surface area contributed by atoms with Crippen LogP contribution in [0, 0.1) is 5.82 Å². The van der Waals surface area contributed by atoms with E-state index in [2.05, 4.69) is 10.00 Å². The van der Waals surface area contributed by atoms with Gasteiger partial charge in [0, 0.05) is 31.7 Å². The molecule has 0 saturated carbocycles. The third kappa shape index (κ3) is 5.14. The number of aliphatic hydroxyl groups excluding tert-OH is 1. The topological polar surface area (TPSA) is 70.8 Å². The van der Waals surface area contributed by atoms with Crippen molar-refractivity contribution in [2.45, 2.75) is 31.7 Å². The second-order valence-corrected chi connectivity index (χ2v) is 10.5. The van der Waals surface area contributed by atoms with Gasteiger partial charge in [-0.2, -0.15) is 18.3 Å². The summed E-state index contributed by atoms with van der Waals surface area (Å²) in [6.45, 7) is 1.81. The number of carbonyl (C=O) groups is 1. The van der Waals surface area contributed by atoms with Crippen molar-refractivity contribution in [1.29, 1.82) is 0 Å². The fraction of sp³-hybridized carbons (Fsp3) is 0.290. The molecule has 3 aromatic carbocycles. The average Bonchev–Trinajstić information content (AvgIpc) is 3.58. The lowest BCUT2D eigenvalue weighted by molar-refractivity contribution is -0.141. The van der Waals surface area contributed by atoms with Crippen LogP contribution < -0.4 is 9.64 Å². The van der Waals surface area contributed by atoms with E-state index in [9.17, 15) is 23.1 Å². The number of β-amino-alcohol motifs (C(OH)–C–C–N with tert-alkyl or cyclic N) is 1. The van der Waals surface area contributed by atoms with Crippen LogP contribution in [0.5, 0.6) is 5.75 Å². The number of methoxy groups -OCH3 is 1. The fourth-order valence-corrected chi connectivity index (χ4v) is 5.76. The summed E-state index contributed by atoms with van der Waals surface area (Å²) in [5.41, 5.74) is 1.04. The number of aliphatic hydroxyl groups is 1. The van der Waals surface area contributed by atoms with Crippen LogP contribution in [0.4, 0.5) is 23.2 Å². The van der Waals surface area contributed by atoms with Gasteiger partial charge in [-0.25, -0.2) is 9.07 Å². The lowest BCUT2D eigenvalue weighted by Crippen LogP contribution is -2.39. The summed E-state index contributed by atoms with van der Waals surface area (Å²) in [5.74, 6) is -0.942. The molecular weight excluding hydrogens is 552 g/mol. The molecular formula is C31H28F4N4O3. The molecule has 1 saturated heterocycles. The maximum Gasteiger partial charge on any atom is 0.435 e. The number of nitrogens with zero attached hydrogens (tertiary/aromatic N) is 4. The van der Waals surface area contributed by atoms with Crippen molar-refractivity contribution in [2.24, 2.45) is 0 Å². The van der Waals surface area contributed by atoms with E-state index in [1.165, 1.54) is 36.3 Å². The Labute approximate surface area is 239 Å². The van der Waals surface area contributed by atoms with Crippen LogP contribution in [0.2, 0.25) is 0 Å². The van der Waals surface area contributed by atoms with Gasteiger partial charge in [0.05, 0.1) is 24.6 Å². The van der Waals surface area contributed by atoms with Gasteiger partial charge >= 0.3 is 6.18 Å². The summed E-state index contributed by atoms with van der Waals surface area (Å²) in [6, 6.07) is 18.3. The number of carbonyl (C=O) groups excluding carboxylic acids is 1. The zero-order valence-electron chi connectivity index (χ0n) is 22.7. The molecule has 11 heteroatoms. The molecule has 1 amide bonds. The molecule has 6 rings (SSSR count). The number of amides is 1. The Hall–Kier alpha value is -4.22. The van der Waals surface area contributed by atoms with E-state index >= 15 is 4.39 Å². The maximum absolute atomic E-state index is 15.7. The summed E-state index contributed by atoms with van der Waals surface area (Å²) in [7, 11) is 1.46. The second-order valence-electron chi connectivity index (χ2n) is 10.5. The first-order valence-corrected chi connectivity index (χ1v) is 13.6. The van der Waals surface area contributed by atoms with Crippen LogP contribution in [0.25, 0.3) is 16.8 Å². The number of halogens is 4. The van der Waals surface area contributed by atoms with Gasteiger partial charge in [0.1, 0.15) is 17.3 Å². The van der Waals surface area contributed by atoms with Crippen molar-refractivity contribution < 1.29 is 32.2 Å². The number of aromatic nitrogens is 2. The van der Waals surface area contributed by atoms with E-state index in [0.29, 0.717) is 30.8 Å². The zero-order valence-corrected chi connectivity index (χ0v) is 22.7. The first-order chi connectivity index (χ1) is 20.1. The lowest BCUT2D eigenvalue weighted by Gasteiger charge is -2.28. The molecule has 1 aromatic heterocycles. The highest BCUT2D eigenvalue weighted by atomic mass is 19.4. The van der Waals surface area contributed by atoms with E-state index in [0.717, 1.165) is 22.4 Å². The van der Waals surface area contributed by atoms with E-state index in [1.807, 2.05) is 24.3 Å². The maximum atomic E-state index is 15.7. The first kappa shape index (κ1) is 27.9. The highest BCUT2D eigenvalue weighted by Crippen LogP contribution is 2.38. The van der Waals surface area contributed by atoms with Gasteiger partial charge < -0.3 is 14.7 Å². The SMILES string of the molecule is COc1ccc(-n2nc(C(F)(F)F)c3c2C(=O)N(c2ccc(-c4ccccc4CN4CC[C@@H](O)C4)cc2F)CC3)cc1. The predicted molar refractivity (Wildman–Crippen MR) is 148 cm³/mol. The van der Waals surface area contributed by atoms with Crippen molar-refractivity contribution in [3.05, 3.63) is 95.1 Å². The van der Waals surface area contributed by atoms with Gasteiger partial charge in [-0.1, -0.05) is 30.3 Å². The Morgan fingerprint density at radius 2 is 1.81 bits per heavy atom. The van der Waals surface area contributed by atoms with Crippen molar-refractivity contribution in [3.63, 3.8) is 0 Å². The zero-order chi connectivity index (χ0) is 29.6. The van der Waals surface area contributed by atoms with E-state index in [-0.39, 0.29) is 41.7 Å². The normalized spacial score (nSPS) is 17.5. The predicted octanol–water partition coefficient (Wildman–Crippen LogP) is 5.48. The van der Waals surface area contributed by atoms with E-state index in [1.54, 1.807) is 18.2 Å². The molecule has 0 unspecified atom stereocenters. The molecule has 2 aliphatic rings. The van der Waals surface area contributed by atoms with Crippen LogP contribution >= 0.6 is 0 Å². The number of benzene rings is 3. The number of hydrogen-bond donors (Lipinski definition) is 1. The summed E-state index contributed by atoms with van der Waals surface area (Å²) < 4.78 is 63.6. The molecule has 0 radical (unpaired) electrons. The fourth-order valence-electron chi connectivity index (χ4n) is 5.76. The minimum atomic E-state index is -4.77. The van der Waals surface area contributed by atoms with Gasteiger partial charge in [0.2, 0.25) is 0 Å².